The van der Waals surface area contributed by atoms with Gasteiger partial charge in [-0.1, -0.05) is 20.8 Å². The first-order chi connectivity index (χ1) is 10.6. The molecule has 1 amide bonds. The number of nitrogens with one attached hydrogen (secondary N) is 1. The number of hydrogen-bond donors (Lipinski definition) is 1. The third-order valence-electron chi connectivity index (χ3n) is 3.78. The van der Waals surface area contributed by atoms with Gasteiger partial charge in [-0.15, -0.1) is 0 Å². The van der Waals surface area contributed by atoms with Gasteiger partial charge in [0.1, 0.15) is 11.9 Å². The molecule has 1 aromatic rings. The number of benzene rings is 1. The Morgan fingerprint density at radius 2 is 1.74 bits per heavy atom. The first-order valence-corrected chi connectivity index (χ1v) is 9.48. The predicted molar refractivity (Wildman–Crippen MR) is 90.2 cm³/mol. The van der Waals surface area contributed by atoms with E-state index in [1.165, 1.54) is 24.3 Å². The molecule has 2 atom stereocenters. The summed E-state index contributed by atoms with van der Waals surface area (Å²) in [5.74, 6) is -0.592. The van der Waals surface area contributed by atoms with E-state index >= 15 is 0 Å². The van der Waals surface area contributed by atoms with Crippen molar-refractivity contribution in [3.8, 4) is 0 Å². The van der Waals surface area contributed by atoms with Gasteiger partial charge in [0.15, 0.2) is 0 Å². The lowest BCUT2D eigenvalue weighted by atomic mass is 10.1. The summed E-state index contributed by atoms with van der Waals surface area (Å²) in [5.41, 5.74) is 0.271. The van der Waals surface area contributed by atoms with Crippen molar-refractivity contribution in [3.05, 3.63) is 30.1 Å². The normalized spacial score (nSPS) is 14.4. The summed E-state index contributed by atoms with van der Waals surface area (Å²) < 4.78 is 38.5. The van der Waals surface area contributed by atoms with Crippen LogP contribution in [0.4, 0.5) is 10.1 Å². The van der Waals surface area contributed by atoms with Crippen molar-refractivity contribution < 1.29 is 17.6 Å². The summed E-state index contributed by atoms with van der Waals surface area (Å²) in [6.45, 7) is 7.56. The lowest BCUT2D eigenvalue weighted by Gasteiger charge is -2.31. The Kier molecular flexibility index (Phi) is 6.56. The fourth-order valence-corrected chi connectivity index (χ4v) is 3.35. The topological polar surface area (TPSA) is 66.5 Å². The molecule has 0 saturated heterocycles. The molecule has 23 heavy (non-hydrogen) atoms. The van der Waals surface area contributed by atoms with Gasteiger partial charge >= 0.3 is 0 Å². The fourth-order valence-electron chi connectivity index (χ4n) is 2.14. The Bertz CT molecular complexity index is 629. The van der Waals surface area contributed by atoms with Gasteiger partial charge in [-0.2, -0.15) is 0 Å². The van der Waals surface area contributed by atoms with E-state index in [1.807, 2.05) is 20.8 Å². The minimum Gasteiger partial charge on any atom is -0.352 e. The molecule has 0 aliphatic carbocycles. The zero-order valence-electron chi connectivity index (χ0n) is 14.2. The number of sulfonamides is 1. The summed E-state index contributed by atoms with van der Waals surface area (Å²) in [5, 5.41) is 2.84. The maximum atomic E-state index is 13.1. The first-order valence-electron chi connectivity index (χ1n) is 7.63. The highest BCUT2D eigenvalue weighted by molar-refractivity contribution is 7.92. The highest BCUT2D eigenvalue weighted by atomic mass is 32.2. The van der Waals surface area contributed by atoms with E-state index < -0.39 is 21.9 Å². The van der Waals surface area contributed by atoms with Crippen LogP contribution in [0, 0.1) is 11.7 Å². The zero-order chi connectivity index (χ0) is 17.8. The van der Waals surface area contributed by atoms with E-state index in [2.05, 4.69) is 5.32 Å². The van der Waals surface area contributed by atoms with E-state index in [0.29, 0.717) is 6.42 Å². The molecule has 0 aliphatic rings. The summed E-state index contributed by atoms with van der Waals surface area (Å²) in [4.78, 5) is 12.5. The Hall–Kier alpha value is -1.63. The molecule has 7 heteroatoms. The third-order valence-corrected chi connectivity index (χ3v) is 4.96. The van der Waals surface area contributed by atoms with Crippen LogP contribution in [0.2, 0.25) is 0 Å². The standard InChI is InChI=1S/C16H25FN2O3S/c1-6-15(16(20)18-12(4)11(2)3)19(23(5,21)22)14-9-7-13(17)8-10-14/h7-12,15H,6H2,1-5H3,(H,18,20)/t12-,15-/m1/s1. The number of anilines is 1. The summed E-state index contributed by atoms with van der Waals surface area (Å²) in [6, 6.07) is 4.11. The second kappa shape index (κ2) is 7.77. The van der Waals surface area contributed by atoms with E-state index in [0.717, 1.165) is 10.6 Å². The average molecular weight is 344 g/mol. The molecule has 0 radical (unpaired) electrons. The maximum absolute atomic E-state index is 13.1. The Balaban J connectivity index is 3.18. The van der Waals surface area contributed by atoms with Crippen LogP contribution >= 0.6 is 0 Å². The van der Waals surface area contributed by atoms with Crippen molar-refractivity contribution in [3.63, 3.8) is 0 Å². The van der Waals surface area contributed by atoms with Crippen LogP contribution < -0.4 is 9.62 Å². The highest BCUT2D eigenvalue weighted by Crippen LogP contribution is 2.23. The molecule has 0 aromatic heterocycles. The van der Waals surface area contributed by atoms with E-state index in [-0.39, 0.29) is 23.6 Å². The number of carbonyl (C=O) groups is 1. The molecule has 0 fully saturated rings. The number of carbonyl (C=O) groups excluding carboxylic acids is 1. The molecule has 0 aliphatic heterocycles. The zero-order valence-corrected chi connectivity index (χ0v) is 15.0. The summed E-state index contributed by atoms with van der Waals surface area (Å²) in [7, 11) is -3.69. The quantitative estimate of drug-likeness (QED) is 0.826. The van der Waals surface area contributed by atoms with E-state index in [4.69, 9.17) is 0 Å². The Morgan fingerprint density at radius 3 is 2.13 bits per heavy atom. The first kappa shape index (κ1) is 19.4. The third kappa shape index (κ3) is 5.20. The number of amides is 1. The molecule has 1 aromatic carbocycles. The average Bonchev–Trinajstić information content (AvgIpc) is 2.44. The molecule has 1 N–H and O–H groups in total. The van der Waals surface area contributed by atoms with Crippen LogP contribution in [0.15, 0.2) is 24.3 Å². The minimum atomic E-state index is -3.69. The van der Waals surface area contributed by atoms with Crippen molar-refractivity contribution in [1.29, 1.82) is 0 Å². The van der Waals surface area contributed by atoms with Crippen molar-refractivity contribution in [2.45, 2.75) is 46.2 Å². The largest absolute Gasteiger partial charge is 0.352 e. The smallest absolute Gasteiger partial charge is 0.244 e. The Labute approximate surface area is 137 Å². The second-order valence-electron chi connectivity index (χ2n) is 6.00. The summed E-state index contributed by atoms with van der Waals surface area (Å²) in [6.07, 6.45) is 1.35. The van der Waals surface area contributed by atoms with Gasteiger partial charge in [0, 0.05) is 6.04 Å². The van der Waals surface area contributed by atoms with Crippen LogP contribution in [-0.4, -0.2) is 32.7 Å². The molecule has 0 bridgehead atoms. The molecule has 0 heterocycles. The highest BCUT2D eigenvalue weighted by Gasteiger charge is 2.32. The van der Waals surface area contributed by atoms with Gasteiger partial charge in [-0.3, -0.25) is 9.10 Å². The SMILES string of the molecule is CC[C@H](C(=O)N[C@H](C)C(C)C)N(c1ccc(F)cc1)S(C)(=O)=O. The molecule has 0 spiro atoms. The van der Waals surface area contributed by atoms with Crippen molar-refractivity contribution >= 4 is 21.6 Å². The van der Waals surface area contributed by atoms with Gasteiger partial charge in [0.2, 0.25) is 15.9 Å². The predicted octanol–water partition coefficient (Wildman–Crippen LogP) is 2.53. The molecular weight excluding hydrogens is 319 g/mol. The van der Waals surface area contributed by atoms with Crippen LogP contribution in [0.3, 0.4) is 0 Å². The fraction of sp³-hybridized carbons (Fsp3) is 0.562. The van der Waals surface area contributed by atoms with Gasteiger partial charge in [0.05, 0.1) is 11.9 Å². The van der Waals surface area contributed by atoms with Crippen LogP contribution in [-0.2, 0) is 14.8 Å². The van der Waals surface area contributed by atoms with Crippen molar-refractivity contribution in [2.24, 2.45) is 5.92 Å². The van der Waals surface area contributed by atoms with Gasteiger partial charge < -0.3 is 5.32 Å². The van der Waals surface area contributed by atoms with Gasteiger partial charge in [-0.25, -0.2) is 12.8 Å². The van der Waals surface area contributed by atoms with E-state index in [1.54, 1.807) is 6.92 Å². The van der Waals surface area contributed by atoms with Crippen LogP contribution in [0.25, 0.3) is 0 Å². The number of rotatable bonds is 7. The number of hydrogen-bond acceptors (Lipinski definition) is 3. The number of nitrogens with zero attached hydrogens (tertiary/aromatic N) is 1. The molecule has 0 unspecified atom stereocenters. The van der Waals surface area contributed by atoms with Crippen LogP contribution in [0.5, 0.6) is 0 Å². The van der Waals surface area contributed by atoms with Gasteiger partial charge in [0.25, 0.3) is 0 Å². The summed E-state index contributed by atoms with van der Waals surface area (Å²) >= 11 is 0. The van der Waals surface area contributed by atoms with Gasteiger partial charge in [-0.05, 0) is 43.5 Å². The molecule has 5 nitrogen and oxygen atoms in total. The molecular formula is C16H25FN2O3S. The lowest BCUT2D eigenvalue weighted by molar-refractivity contribution is -0.123. The maximum Gasteiger partial charge on any atom is 0.244 e. The molecule has 130 valence electrons. The number of halogens is 1. The van der Waals surface area contributed by atoms with E-state index in [9.17, 15) is 17.6 Å². The van der Waals surface area contributed by atoms with Crippen LogP contribution in [0.1, 0.15) is 34.1 Å². The Morgan fingerprint density at radius 1 is 1.22 bits per heavy atom. The van der Waals surface area contributed by atoms with Crippen molar-refractivity contribution in [1.82, 2.24) is 5.32 Å². The lowest BCUT2D eigenvalue weighted by Crippen LogP contribution is -2.51. The molecule has 1 rings (SSSR count). The molecule has 0 saturated carbocycles. The second-order valence-corrected chi connectivity index (χ2v) is 7.86. The monoisotopic (exact) mass is 344 g/mol. The van der Waals surface area contributed by atoms with Crippen molar-refractivity contribution in [2.75, 3.05) is 10.6 Å². The minimum absolute atomic E-state index is 0.0776.